The van der Waals surface area contributed by atoms with Crippen LogP contribution in [0.5, 0.6) is 11.5 Å². The van der Waals surface area contributed by atoms with Gasteiger partial charge in [0.05, 0.1) is 12.7 Å². The maximum Gasteiger partial charge on any atom is 0.422 e. The molecule has 22 heavy (non-hydrogen) atoms. The minimum absolute atomic E-state index is 0.0497. The van der Waals surface area contributed by atoms with E-state index in [1.807, 2.05) is 11.9 Å². The van der Waals surface area contributed by atoms with Crippen molar-refractivity contribution < 1.29 is 27.8 Å². The molecule has 1 aromatic carbocycles. The number of hydrogen-bond acceptors (Lipinski definition) is 4. The third-order valence-corrected chi connectivity index (χ3v) is 2.73. The van der Waals surface area contributed by atoms with Crippen molar-refractivity contribution in [3.63, 3.8) is 0 Å². The minimum Gasteiger partial charge on any atom is -0.493 e. The summed E-state index contributed by atoms with van der Waals surface area (Å²) in [6, 6.07) is 4.76. The zero-order chi connectivity index (χ0) is 17.0. The van der Waals surface area contributed by atoms with Gasteiger partial charge in [-0.15, -0.1) is 0 Å². The summed E-state index contributed by atoms with van der Waals surface area (Å²) in [5.41, 5.74) is 0.0252. The molecule has 126 valence electrons. The Hall–Kier alpha value is -1.47. The molecule has 0 radical (unpaired) electrons. The molecule has 0 aliphatic rings. The van der Waals surface area contributed by atoms with Crippen LogP contribution in [0.4, 0.5) is 13.2 Å². The largest absolute Gasteiger partial charge is 0.493 e. The second-order valence-corrected chi connectivity index (χ2v) is 5.87. The zero-order valence-corrected chi connectivity index (χ0v) is 13.2. The van der Waals surface area contributed by atoms with Crippen molar-refractivity contribution in [3.8, 4) is 11.5 Å². The van der Waals surface area contributed by atoms with Crippen molar-refractivity contribution in [2.75, 3.05) is 27.3 Å². The van der Waals surface area contributed by atoms with E-state index in [-0.39, 0.29) is 11.5 Å². The summed E-state index contributed by atoms with van der Waals surface area (Å²) >= 11 is 0. The van der Waals surface area contributed by atoms with Gasteiger partial charge < -0.3 is 14.6 Å². The molecule has 0 amide bonds. The third-order valence-electron chi connectivity index (χ3n) is 2.73. The summed E-state index contributed by atoms with van der Waals surface area (Å²) in [6.07, 6.45) is -4.39. The molecule has 0 spiro atoms. The number of methoxy groups -OCH3 is 1. The fraction of sp³-hybridized carbons (Fsp3) is 0.600. The van der Waals surface area contributed by atoms with Gasteiger partial charge >= 0.3 is 6.18 Å². The van der Waals surface area contributed by atoms with E-state index in [0.29, 0.717) is 13.1 Å². The van der Waals surface area contributed by atoms with Crippen molar-refractivity contribution in [2.24, 2.45) is 0 Å². The van der Waals surface area contributed by atoms with Gasteiger partial charge in [-0.1, -0.05) is 6.07 Å². The van der Waals surface area contributed by atoms with Crippen molar-refractivity contribution in [1.82, 2.24) is 4.90 Å². The van der Waals surface area contributed by atoms with Crippen LogP contribution in [-0.2, 0) is 6.54 Å². The number of ether oxygens (including phenoxy) is 2. The van der Waals surface area contributed by atoms with Crippen LogP contribution in [-0.4, -0.2) is 49.1 Å². The molecule has 1 aromatic rings. The van der Waals surface area contributed by atoms with Crippen LogP contribution in [0.15, 0.2) is 18.2 Å². The number of likely N-dealkylation sites (N-methyl/N-ethyl adjacent to an activating group) is 1. The standard InChI is InChI=1S/C15H22F3NO3/c1-14(2,20)9-19(3)8-11-5-6-12(13(7-11)21-4)22-10-15(16,17)18/h5-7,20H,8-10H2,1-4H3. The van der Waals surface area contributed by atoms with E-state index in [1.165, 1.54) is 13.2 Å². The monoisotopic (exact) mass is 321 g/mol. The lowest BCUT2D eigenvalue weighted by atomic mass is 10.1. The van der Waals surface area contributed by atoms with Gasteiger partial charge in [0.15, 0.2) is 18.1 Å². The molecular weight excluding hydrogens is 299 g/mol. The molecule has 1 rings (SSSR count). The fourth-order valence-electron chi connectivity index (χ4n) is 2.12. The molecule has 0 fully saturated rings. The van der Waals surface area contributed by atoms with Gasteiger partial charge in [0, 0.05) is 13.1 Å². The van der Waals surface area contributed by atoms with Crippen molar-refractivity contribution in [3.05, 3.63) is 23.8 Å². The Morgan fingerprint density at radius 1 is 1.18 bits per heavy atom. The molecular formula is C15H22F3NO3. The van der Waals surface area contributed by atoms with Crippen LogP contribution < -0.4 is 9.47 Å². The number of aliphatic hydroxyl groups is 1. The molecule has 1 N–H and O–H groups in total. The first-order valence-corrected chi connectivity index (χ1v) is 6.77. The Bertz CT molecular complexity index is 484. The van der Waals surface area contributed by atoms with Crippen LogP contribution in [0.1, 0.15) is 19.4 Å². The van der Waals surface area contributed by atoms with Crippen molar-refractivity contribution >= 4 is 0 Å². The second-order valence-electron chi connectivity index (χ2n) is 5.87. The van der Waals surface area contributed by atoms with Crippen molar-refractivity contribution in [1.29, 1.82) is 0 Å². The van der Waals surface area contributed by atoms with Gasteiger partial charge in [-0.3, -0.25) is 4.90 Å². The zero-order valence-electron chi connectivity index (χ0n) is 13.2. The summed E-state index contributed by atoms with van der Waals surface area (Å²) in [4.78, 5) is 1.91. The van der Waals surface area contributed by atoms with Gasteiger partial charge in [-0.05, 0) is 38.6 Å². The van der Waals surface area contributed by atoms with E-state index in [1.54, 1.807) is 26.0 Å². The van der Waals surface area contributed by atoms with E-state index in [2.05, 4.69) is 0 Å². The lowest BCUT2D eigenvalue weighted by Crippen LogP contribution is -2.35. The van der Waals surface area contributed by atoms with E-state index in [9.17, 15) is 18.3 Å². The highest BCUT2D eigenvalue weighted by Crippen LogP contribution is 2.30. The lowest BCUT2D eigenvalue weighted by molar-refractivity contribution is -0.153. The number of rotatable bonds is 7. The topological polar surface area (TPSA) is 41.9 Å². The lowest BCUT2D eigenvalue weighted by Gasteiger charge is -2.25. The normalized spacial score (nSPS) is 12.6. The van der Waals surface area contributed by atoms with Gasteiger partial charge in [0.1, 0.15) is 0 Å². The molecule has 4 nitrogen and oxygen atoms in total. The maximum absolute atomic E-state index is 12.2. The predicted octanol–water partition coefficient (Wildman–Crippen LogP) is 2.84. The molecule has 0 bridgehead atoms. The van der Waals surface area contributed by atoms with E-state index < -0.39 is 18.4 Å². The average molecular weight is 321 g/mol. The number of nitrogens with zero attached hydrogens (tertiary/aromatic N) is 1. The van der Waals surface area contributed by atoms with Crippen molar-refractivity contribution in [2.45, 2.75) is 32.2 Å². The molecule has 0 unspecified atom stereocenters. The van der Waals surface area contributed by atoms with Gasteiger partial charge in [0.2, 0.25) is 0 Å². The van der Waals surface area contributed by atoms with E-state index in [4.69, 9.17) is 9.47 Å². The summed E-state index contributed by atoms with van der Waals surface area (Å²) in [5, 5.41) is 9.76. The van der Waals surface area contributed by atoms with E-state index in [0.717, 1.165) is 5.56 Å². The SMILES string of the molecule is COc1cc(CN(C)CC(C)(C)O)ccc1OCC(F)(F)F. The number of halogens is 3. The first-order chi connectivity index (χ1) is 10.00. The first-order valence-electron chi connectivity index (χ1n) is 6.77. The fourth-order valence-corrected chi connectivity index (χ4v) is 2.12. The molecule has 0 aliphatic carbocycles. The van der Waals surface area contributed by atoms with Gasteiger partial charge in [-0.25, -0.2) is 0 Å². The molecule has 0 saturated heterocycles. The predicted molar refractivity (Wildman–Crippen MR) is 77.2 cm³/mol. The Labute approximate surface area is 128 Å². The highest BCUT2D eigenvalue weighted by Gasteiger charge is 2.29. The van der Waals surface area contributed by atoms with Crippen LogP contribution in [0.3, 0.4) is 0 Å². The quantitative estimate of drug-likeness (QED) is 0.838. The summed E-state index contributed by atoms with van der Waals surface area (Å²) in [7, 11) is 3.22. The first kappa shape index (κ1) is 18.6. The van der Waals surface area contributed by atoms with Crippen LogP contribution in [0.25, 0.3) is 0 Å². The summed E-state index contributed by atoms with van der Waals surface area (Å²) in [6.45, 7) is 3.04. The second kappa shape index (κ2) is 7.19. The van der Waals surface area contributed by atoms with Crippen LogP contribution in [0.2, 0.25) is 0 Å². The highest BCUT2D eigenvalue weighted by molar-refractivity contribution is 5.43. The number of benzene rings is 1. The minimum atomic E-state index is -4.39. The Kier molecular flexibility index (Phi) is 6.08. The Balaban J connectivity index is 2.75. The molecule has 7 heteroatoms. The smallest absolute Gasteiger partial charge is 0.422 e. The van der Waals surface area contributed by atoms with Crippen LogP contribution >= 0.6 is 0 Å². The highest BCUT2D eigenvalue weighted by atomic mass is 19.4. The number of hydrogen-bond donors (Lipinski definition) is 1. The maximum atomic E-state index is 12.2. The van der Waals surface area contributed by atoms with Gasteiger partial charge in [-0.2, -0.15) is 13.2 Å². The molecule has 0 aromatic heterocycles. The molecule has 0 heterocycles. The molecule has 0 saturated carbocycles. The summed E-state index contributed by atoms with van der Waals surface area (Å²) in [5.74, 6) is 0.298. The van der Waals surface area contributed by atoms with Crippen LogP contribution in [0, 0.1) is 0 Å². The summed E-state index contributed by atoms with van der Waals surface area (Å²) < 4.78 is 46.4. The molecule has 0 aliphatic heterocycles. The van der Waals surface area contributed by atoms with E-state index >= 15 is 0 Å². The molecule has 0 atom stereocenters. The Morgan fingerprint density at radius 2 is 1.82 bits per heavy atom. The average Bonchev–Trinajstić information content (AvgIpc) is 2.33. The Morgan fingerprint density at radius 3 is 2.32 bits per heavy atom. The van der Waals surface area contributed by atoms with Gasteiger partial charge in [0.25, 0.3) is 0 Å². The third kappa shape index (κ3) is 7.00. The number of alkyl halides is 3.